The van der Waals surface area contributed by atoms with Crippen molar-refractivity contribution in [2.75, 3.05) is 6.54 Å². The van der Waals surface area contributed by atoms with E-state index in [1.54, 1.807) is 12.1 Å². The zero-order valence-corrected chi connectivity index (χ0v) is 10.2. The molecule has 1 rings (SSSR count). The van der Waals surface area contributed by atoms with Gasteiger partial charge >= 0.3 is 0 Å². The predicted octanol–water partition coefficient (Wildman–Crippen LogP) is 3.41. The normalized spacial score (nSPS) is 8.76. The average Bonchev–Trinajstić information content (AvgIpc) is 2.30. The average molecular weight is 295 g/mol. The van der Waals surface area contributed by atoms with Gasteiger partial charge in [0.15, 0.2) is 0 Å². The Hall–Kier alpha value is -2.03. The van der Waals surface area contributed by atoms with E-state index in [1.165, 1.54) is 6.07 Å². The lowest BCUT2D eigenvalue weighted by molar-refractivity contribution is -0.385. The van der Waals surface area contributed by atoms with E-state index in [9.17, 15) is 10.1 Å². The van der Waals surface area contributed by atoms with Crippen LogP contribution in [0.2, 0.25) is 0 Å². The fourth-order valence-corrected chi connectivity index (χ4v) is 1.42. The number of hydrogen-bond donors (Lipinski definition) is 0. The summed E-state index contributed by atoms with van der Waals surface area (Å²) >= 11 is 3.16. The summed E-state index contributed by atoms with van der Waals surface area (Å²) in [5, 5.41) is 14.1. The summed E-state index contributed by atoms with van der Waals surface area (Å²) in [5.74, 6) is 5.40. The molecule has 0 N–H and O–H groups in total. The van der Waals surface area contributed by atoms with Crippen molar-refractivity contribution >= 4 is 21.6 Å². The molecule has 0 heterocycles. The summed E-state index contributed by atoms with van der Waals surface area (Å²) < 4.78 is 0.629. The third-order valence-corrected chi connectivity index (χ3v) is 2.27. The van der Waals surface area contributed by atoms with Crippen molar-refractivity contribution < 1.29 is 4.92 Å². The molecule has 1 aromatic rings. The van der Waals surface area contributed by atoms with E-state index in [0.717, 1.165) is 0 Å². The molecule has 0 aliphatic rings. The van der Waals surface area contributed by atoms with Crippen LogP contribution in [0.5, 0.6) is 0 Å². The lowest BCUT2D eigenvalue weighted by atomic mass is 10.2. The van der Waals surface area contributed by atoms with Gasteiger partial charge in [-0.05, 0) is 17.7 Å². The summed E-state index contributed by atoms with van der Waals surface area (Å²) in [5.41, 5.74) is 8.35. The smallest absolute Gasteiger partial charge is 0.258 e. The van der Waals surface area contributed by atoms with E-state index in [-0.39, 0.29) is 12.2 Å². The van der Waals surface area contributed by atoms with Crippen molar-refractivity contribution in [1.29, 1.82) is 0 Å². The quantitative estimate of drug-likeness (QED) is 0.162. The molecule has 0 aliphatic heterocycles. The third kappa shape index (κ3) is 4.15. The van der Waals surface area contributed by atoms with Crippen LogP contribution in [-0.2, 0) is 0 Å². The summed E-state index contributed by atoms with van der Waals surface area (Å²) in [6.07, 6.45) is 0.372. The van der Waals surface area contributed by atoms with Crippen molar-refractivity contribution in [3.8, 4) is 11.8 Å². The number of azide groups is 1. The van der Waals surface area contributed by atoms with E-state index in [0.29, 0.717) is 16.5 Å². The largest absolute Gasteiger partial charge is 0.286 e. The fraction of sp³-hybridized carbons (Fsp3) is 0.200. The summed E-state index contributed by atoms with van der Waals surface area (Å²) in [6, 6.07) is 4.66. The molecule has 17 heavy (non-hydrogen) atoms. The minimum atomic E-state index is -0.484. The van der Waals surface area contributed by atoms with Gasteiger partial charge in [0.2, 0.25) is 0 Å². The highest BCUT2D eigenvalue weighted by Crippen LogP contribution is 2.22. The van der Waals surface area contributed by atoms with Crippen molar-refractivity contribution in [2.24, 2.45) is 5.11 Å². The molecular weight excluding hydrogens is 288 g/mol. The Morgan fingerprint density at radius 1 is 1.59 bits per heavy atom. The van der Waals surface area contributed by atoms with Crippen molar-refractivity contribution in [2.45, 2.75) is 6.42 Å². The maximum atomic E-state index is 10.8. The van der Waals surface area contributed by atoms with Crippen molar-refractivity contribution in [3.63, 3.8) is 0 Å². The molecule has 0 aromatic heterocycles. The molecule has 0 bridgehead atoms. The highest BCUT2D eigenvalue weighted by Gasteiger charge is 2.11. The first kappa shape index (κ1) is 13.0. The van der Waals surface area contributed by atoms with Gasteiger partial charge in [0.1, 0.15) is 5.56 Å². The number of hydrogen-bond acceptors (Lipinski definition) is 3. The number of nitro benzene ring substituents is 1. The molecule has 7 heteroatoms. The highest BCUT2D eigenvalue weighted by atomic mass is 79.9. The van der Waals surface area contributed by atoms with Crippen LogP contribution >= 0.6 is 15.9 Å². The Morgan fingerprint density at radius 3 is 3.00 bits per heavy atom. The summed E-state index contributed by atoms with van der Waals surface area (Å²) in [4.78, 5) is 12.9. The molecule has 1 aromatic carbocycles. The van der Waals surface area contributed by atoms with E-state index in [1.807, 2.05) is 0 Å². The molecule has 0 amide bonds. The van der Waals surface area contributed by atoms with Crippen LogP contribution in [0.1, 0.15) is 12.0 Å². The van der Waals surface area contributed by atoms with Gasteiger partial charge < -0.3 is 0 Å². The molecular formula is C10H7BrN4O2. The van der Waals surface area contributed by atoms with Gasteiger partial charge in [-0.15, -0.1) is 0 Å². The first-order chi connectivity index (χ1) is 8.15. The molecule has 6 nitrogen and oxygen atoms in total. The summed E-state index contributed by atoms with van der Waals surface area (Å²) in [6.45, 7) is 0.258. The Labute approximate surface area is 106 Å². The Kier molecular flexibility index (Phi) is 5.01. The lowest BCUT2D eigenvalue weighted by Crippen LogP contribution is -1.92. The molecule has 0 radical (unpaired) electrons. The molecule has 0 fully saturated rings. The lowest BCUT2D eigenvalue weighted by Gasteiger charge is -1.95. The van der Waals surface area contributed by atoms with Crippen LogP contribution in [0.4, 0.5) is 5.69 Å². The monoisotopic (exact) mass is 294 g/mol. The summed E-state index contributed by atoms with van der Waals surface area (Å²) in [7, 11) is 0. The van der Waals surface area contributed by atoms with Crippen LogP contribution in [0, 0.1) is 22.0 Å². The number of nitrogens with zero attached hydrogens (tertiary/aromatic N) is 4. The van der Waals surface area contributed by atoms with E-state index in [4.69, 9.17) is 5.53 Å². The Balaban J connectivity index is 2.90. The van der Waals surface area contributed by atoms with Crippen LogP contribution in [-0.4, -0.2) is 11.5 Å². The van der Waals surface area contributed by atoms with Crippen LogP contribution in [0.15, 0.2) is 27.8 Å². The van der Waals surface area contributed by atoms with E-state index >= 15 is 0 Å². The molecule has 0 saturated heterocycles. The minimum Gasteiger partial charge on any atom is -0.258 e. The number of halogens is 1. The fourth-order valence-electron chi connectivity index (χ4n) is 1.07. The first-order valence-electron chi connectivity index (χ1n) is 4.59. The van der Waals surface area contributed by atoms with Crippen molar-refractivity contribution in [1.82, 2.24) is 0 Å². The molecule has 0 saturated carbocycles. The molecule has 0 atom stereocenters. The first-order valence-corrected chi connectivity index (χ1v) is 5.38. The minimum absolute atomic E-state index is 0.0457. The van der Waals surface area contributed by atoms with Gasteiger partial charge in [0.25, 0.3) is 5.69 Å². The van der Waals surface area contributed by atoms with E-state index in [2.05, 4.69) is 37.8 Å². The second kappa shape index (κ2) is 6.53. The molecule has 0 spiro atoms. The second-order valence-electron chi connectivity index (χ2n) is 2.92. The van der Waals surface area contributed by atoms with Crippen molar-refractivity contribution in [3.05, 3.63) is 48.8 Å². The van der Waals surface area contributed by atoms with Crippen LogP contribution in [0.25, 0.3) is 10.4 Å². The van der Waals surface area contributed by atoms with Gasteiger partial charge in [0, 0.05) is 28.4 Å². The maximum Gasteiger partial charge on any atom is 0.286 e. The van der Waals surface area contributed by atoms with E-state index < -0.39 is 4.92 Å². The maximum absolute atomic E-state index is 10.8. The number of nitro groups is 1. The molecule has 0 aliphatic carbocycles. The standard InChI is InChI=1S/C10H7BrN4O2/c11-9-5-4-8(10(7-9)15(16)17)3-1-2-6-13-14-12/h4-5,7H,2,6H2. The van der Waals surface area contributed by atoms with Crippen LogP contribution < -0.4 is 0 Å². The second-order valence-corrected chi connectivity index (χ2v) is 3.84. The Bertz CT molecular complexity index is 541. The van der Waals surface area contributed by atoms with Gasteiger partial charge in [-0.25, -0.2) is 0 Å². The third-order valence-electron chi connectivity index (χ3n) is 1.78. The van der Waals surface area contributed by atoms with Gasteiger partial charge in [-0.2, -0.15) is 0 Å². The van der Waals surface area contributed by atoms with Gasteiger partial charge in [0.05, 0.1) is 4.92 Å². The topological polar surface area (TPSA) is 91.9 Å². The predicted molar refractivity (Wildman–Crippen MR) is 66.3 cm³/mol. The van der Waals surface area contributed by atoms with Gasteiger partial charge in [-0.1, -0.05) is 32.9 Å². The zero-order chi connectivity index (χ0) is 12.7. The highest BCUT2D eigenvalue weighted by molar-refractivity contribution is 9.10. The number of benzene rings is 1. The molecule has 86 valence electrons. The zero-order valence-electron chi connectivity index (χ0n) is 8.63. The Morgan fingerprint density at radius 2 is 2.35 bits per heavy atom. The van der Waals surface area contributed by atoms with Gasteiger partial charge in [-0.3, -0.25) is 10.1 Å². The number of rotatable bonds is 3. The molecule has 0 unspecified atom stereocenters. The van der Waals surface area contributed by atoms with Crippen LogP contribution in [0.3, 0.4) is 0 Å². The SMILES string of the molecule is [N-]=[N+]=NCCC#Cc1ccc(Br)cc1[N+](=O)[O-].